The van der Waals surface area contributed by atoms with Gasteiger partial charge in [-0.3, -0.25) is 10.4 Å². The molecule has 0 saturated heterocycles. The molecule has 84 valence electrons. The van der Waals surface area contributed by atoms with Gasteiger partial charge in [-0.25, -0.2) is 0 Å². The van der Waals surface area contributed by atoms with Gasteiger partial charge in [0.2, 0.25) is 0 Å². The fourth-order valence-electron chi connectivity index (χ4n) is 0.938. The van der Waals surface area contributed by atoms with Gasteiger partial charge in [0.15, 0.2) is 5.11 Å². The second kappa shape index (κ2) is 6.52. The van der Waals surface area contributed by atoms with E-state index in [9.17, 15) is 0 Å². The number of hydrogen-bond donors (Lipinski definition) is 3. The number of thiocarbonyl (C=S) groups is 1. The number of rotatable bonds is 5. The Bertz CT molecular complexity index is 385. The van der Waals surface area contributed by atoms with Crippen LogP contribution in [0.4, 0.5) is 5.69 Å². The topological polar surface area (TPSA) is 75.3 Å². The zero-order valence-electron chi connectivity index (χ0n) is 8.68. The van der Waals surface area contributed by atoms with Gasteiger partial charge in [-0.15, -0.1) is 6.58 Å². The highest BCUT2D eigenvalue weighted by Gasteiger charge is 1.91. The van der Waals surface area contributed by atoms with Gasteiger partial charge in [-0.05, 0) is 24.4 Å². The van der Waals surface area contributed by atoms with Crippen molar-refractivity contribution in [2.45, 2.75) is 0 Å². The van der Waals surface area contributed by atoms with Crippen molar-refractivity contribution in [3.05, 3.63) is 36.7 Å². The van der Waals surface area contributed by atoms with E-state index in [4.69, 9.17) is 5.73 Å². The summed E-state index contributed by atoms with van der Waals surface area (Å²) in [6, 6.07) is 3.73. The average Bonchev–Trinajstić information content (AvgIpc) is 2.27. The summed E-state index contributed by atoms with van der Waals surface area (Å²) < 4.78 is 0. The molecular weight excluding hydrogens is 222 g/mol. The summed E-state index contributed by atoms with van der Waals surface area (Å²) in [5.41, 5.74) is 9.30. The minimum Gasteiger partial charge on any atom is -0.380 e. The molecule has 0 spiro atoms. The highest BCUT2D eigenvalue weighted by atomic mass is 32.1. The zero-order valence-corrected chi connectivity index (χ0v) is 9.50. The van der Waals surface area contributed by atoms with Gasteiger partial charge in [0.25, 0.3) is 0 Å². The molecule has 4 N–H and O–H groups in total. The number of hydrogen-bond acceptors (Lipinski definition) is 4. The third-order valence-electron chi connectivity index (χ3n) is 1.61. The number of nitrogens with zero attached hydrogens (tertiary/aromatic N) is 2. The number of pyridine rings is 1. The zero-order chi connectivity index (χ0) is 11.8. The van der Waals surface area contributed by atoms with Crippen LogP contribution in [-0.2, 0) is 0 Å². The van der Waals surface area contributed by atoms with Crippen molar-refractivity contribution >= 4 is 29.2 Å². The molecule has 0 radical (unpaired) electrons. The highest BCUT2D eigenvalue weighted by Crippen LogP contribution is 2.04. The van der Waals surface area contributed by atoms with E-state index in [0.29, 0.717) is 12.2 Å². The molecule has 0 unspecified atom stereocenters. The third kappa shape index (κ3) is 4.52. The van der Waals surface area contributed by atoms with Crippen LogP contribution in [0.5, 0.6) is 0 Å². The Balaban J connectivity index is 2.53. The van der Waals surface area contributed by atoms with Gasteiger partial charge in [0, 0.05) is 6.54 Å². The summed E-state index contributed by atoms with van der Waals surface area (Å²) in [4.78, 5) is 4.16. The Morgan fingerprint density at radius 3 is 3.00 bits per heavy atom. The van der Waals surface area contributed by atoms with Crippen molar-refractivity contribution in [3.8, 4) is 0 Å². The lowest BCUT2D eigenvalue weighted by Gasteiger charge is -2.02. The smallest absolute Gasteiger partial charge is 0.184 e. The Morgan fingerprint density at radius 2 is 2.44 bits per heavy atom. The molecule has 1 rings (SSSR count). The Morgan fingerprint density at radius 1 is 1.62 bits per heavy atom. The molecule has 5 nitrogen and oxygen atoms in total. The van der Waals surface area contributed by atoms with Crippen molar-refractivity contribution < 1.29 is 0 Å². The van der Waals surface area contributed by atoms with Crippen molar-refractivity contribution in [2.24, 2.45) is 10.8 Å². The van der Waals surface area contributed by atoms with Gasteiger partial charge in [-0.2, -0.15) is 5.10 Å². The van der Waals surface area contributed by atoms with Crippen LogP contribution in [-0.4, -0.2) is 22.9 Å². The molecule has 0 aromatic carbocycles. The van der Waals surface area contributed by atoms with E-state index >= 15 is 0 Å². The fourth-order valence-corrected chi connectivity index (χ4v) is 0.991. The maximum Gasteiger partial charge on any atom is 0.184 e. The van der Waals surface area contributed by atoms with Crippen molar-refractivity contribution in [1.29, 1.82) is 0 Å². The molecule has 0 aliphatic rings. The van der Waals surface area contributed by atoms with Gasteiger partial charge in [0.05, 0.1) is 23.8 Å². The molecular formula is C10H13N5S. The summed E-state index contributed by atoms with van der Waals surface area (Å²) in [5.74, 6) is 0. The van der Waals surface area contributed by atoms with Crippen LogP contribution in [0.15, 0.2) is 36.1 Å². The monoisotopic (exact) mass is 235 g/mol. The molecule has 6 heteroatoms. The van der Waals surface area contributed by atoms with Crippen LogP contribution in [0.2, 0.25) is 0 Å². The number of aromatic nitrogens is 1. The summed E-state index contributed by atoms with van der Waals surface area (Å²) in [6.07, 6.45) is 5.03. The maximum absolute atomic E-state index is 5.20. The lowest BCUT2D eigenvalue weighted by molar-refractivity contribution is 1.04. The average molecular weight is 235 g/mol. The molecule has 0 atom stereocenters. The van der Waals surface area contributed by atoms with Crippen molar-refractivity contribution in [2.75, 3.05) is 11.9 Å². The summed E-state index contributed by atoms with van der Waals surface area (Å²) in [6.45, 7) is 4.32. The molecule has 0 saturated carbocycles. The fraction of sp³-hybridized carbons (Fsp3) is 0.100. The number of nitrogens with one attached hydrogen (secondary N) is 2. The van der Waals surface area contributed by atoms with Crippen LogP contribution in [0, 0.1) is 0 Å². The first-order valence-corrected chi connectivity index (χ1v) is 5.02. The molecule has 16 heavy (non-hydrogen) atoms. The quantitative estimate of drug-likeness (QED) is 0.305. The summed E-state index contributed by atoms with van der Waals surface area (Å²) in [5, 5.41) is 7.03. The van der Waals surface area contributed by atoms with Gasteiger partial charge < -0.3 is 11.1 Å². The van der Waals surface area contributed by atoms with Gasteiger partial charge in [-0.1, -0.05) is 6.08 Å². The molecule has 0 amide bonds. The van der Waals surface area contributed by atoms with Crippen LogP contribution >= 0.6 is 12.2 Å². The first-order valence-electron chi connectivity index (χ1n) is 4.61. The van der Waals surface area contributed by atoms with Gasteiger partial charge in [0.1, 0.15) is 0 Å². The Hall–Kier alpha value is -1.95. The molecule has 1 aromatic rings. The molecule has 0 aliphatic heterocycles. The minimum absolute atomic E-state index is 0.125. The minimum atomic E-state index is 0.125. The Labute approximate surface area is 99.5 Å². The van der Waals surface area contributed by atoms with E-state index in [0.717, 1.165) is 5.69 Å². The van der Waals surface area contributed by atoms with E-state index in [1.807, 2.05) is 12.1 Å². The van der Waals surface area contributed by atoms with Crippen molar-refractivity contribution in [3.63, 3.8) is 0 Å². The standard InChI is InChI=1S/C10H13N5S/c1-2-5-12-8-3-4-9(13-6-8)7-14-15-10(11)16/h2-4,6-7,12H,1,5H2,(H3,11,15,16)/b14-7+. The first-order chi connectivity index (χ1) is 7.72. The molecule has 0 bridgehead atoms. The molecule has 1 aromatic heterocycles. The molecule has 0 aliphatic carbocycles. The lowest BCUT2D eigenvalue weighted by Crippen LogP contribution is -2.24. The normalized spacial score (nSPS) is 10.0. The second-order valence-electron chi connectivity index (χ2n) is 2.88. The highest BCUT2D eigenvalue weighted by molar-refractivity contribution is 7.80. The van der Waals surface area contributed by atoms with E-state index in [2.05, 4.69) is 39.6 Å². The van der Waals surface area contributed by atoms with Crippen LogP contribution < -0.4 is 16.5 Å². The third-order valence-corrected chi connectivity index (χ3v) is 1.70. The number of nitrogens with two attached hydrogens (primary N) is 1. The SMILES string of the molecule is C=CCNc1ccc(/C=N/NC(N)=S)nc1. The lowest BCUT2D eigenvalue weighted by atomic mass is 10.3. The van der Waals surface area contributed by atoms with E-state index < -0.39 is 0 Å². The summed E-state index contributed by atoms with van der Waals surface area (Å²) in [7, 11) is 0. The molecule has 1 heterocycles. The number of hydrazone groups is 1. The van der Waals surface area contributed by atoms with E-state index in [1.54, 1.807) is 12.3 Å². The Kier molecular flexibility index (Phi) is 4.94. The predicted octanol–water partition coefficient (Wildman–Crippen LogP) is 0.847. The number of anilines is 1. The predicted molar refractivity (Wildman–Crippen MR) is 70.4 cm³/mol. The van der Waals surface area contributed by atoms with Crippen LogP contribution in [0.3, 0.4) is 0 Å². The van der Waals surface area contributed by atoms with Gasteiger partial charge >= 0.3 is 0 Å². The summed E-state index contributed by atoms with van der Waals surface area (Å²) >= 11 is 4.59. The second-order valence-corrected chi connectivity index (χ2v) is 3.32. The molecule has 0 fully saturated rings. The van der Waals surface area contributed by atoms with E-state index in [1.165, 1.54) is 6.21 Å². The van der Waals surface area contributed by atoms with Crippen molar-refractivity contribution in [1.82, 2.24) is 10.4 Å². The van der Waals surface area contributed by atoms with Crippen LogP contribution in [0.25, 0.3) is 0 Å². The van der Waals surface area contributed by atoms with Crippen LogP contribution in [0.1, 0.15) is 5.69 Å². The first kappa shape index (κ1) is 12.1. The maximum atomic E-state index is 5.20. The van der Waals surface area contributed by atoms with E-state index in [-0.39, 0.29) is 5.11 Å². The largest absolute Gasteiger partial charge is 0.380 e.